The average Bonchev–Trinajstić information content (AvgIpc) is 3.23. The standard InChI is InChI=1S/C19H23F3N4O3/c1-28-8-9-29-15-4-2-14(3-5-15)24-18(27)16-10-13(19(20,21)22)11-17(25-16)26-7-6-23-12-26/h6-7,10-12,14-15H,2-5,8-9H2,1H3,(H,24,27). The van der Waals surface area contributed by atoms with E-state index < -0.39 is 17.6 Å². The van der Waals surface area contributed by atoms with Crippen LogP contribution in [-0.2, 0) is 15.7 Å². The van der Waals surface area contributed by atoms with Crippen LogP contribution >= 0.6 is 0 Å². The number of nitrogens with one attached hydrogen (secondary N) is 1. The number of carbonyl (C=O) groups excluding carboxylic acids is 1. The maximum Gasteiger partial charge on any atom is 0.416 e. The molecule has 29 heavy (non-hydrogen) atoms. The van der Waals surface area contributed by atoms with Gasteiger partial charge >= 0.3 is 6.18 Å². The molecule has 0 atom stereocenters. The minimum absolute atomic E-state index is 0.0160. The molecule has 0 spiro atoms. The van der Waals surface area contributed by atoms with Crippen LogP contribution in [0.15, 0.2) is 30.9 Å². The summed E-state index contributed by atoms with van der Waals surface area (Å²) in [6.45, 7) is 1.04. The topological polar surface area (TPSA) is 78.3 Å². The van der Waals surface area contributed by atoms with E-state index in [0.29, 0.717) is 26.1 Å². The summed E-state index contributed by atoms with van der Waals surface area (Å²) in [7, 11) is 1.61. The minimum Gasteiger partial charge on any atom is -0.382 e. The van der Waals surface area contributed by atoms with Crippen molar-refractivity contribution in [3.8, 4) is 5.82 Å². The first-order valence-corrected chi connectivity index (χ1v) is 9.36. The fourth-order valence-electron chi connectivity index (χ4n) is 3.25. The molecule has 2 aromatic heterocycles. The zero-order valence-electron chi connectivity index (χ0n) is 16.0. The highest BCUT2D eigenvalue weighted by Gasteiger charge is 2.33. The summed E-state index contributed by atoms with van der Waals surface area (Å²) < 4.78 is 51.8. The van der Waals surface area contributed by atoms with E-state index in [1.54, 1.807) is 7.11 Å². The third kappa shape index (κ3) is 5.77. The molecule has 1 aliphatic rings. The number of rotatable bonds is 7. The van der Waals surface area contributed by atoms with Crippen molar-refractivity contribution >= 4 is 5.91 Å². The Hall–Kier alpha value is -2.46. The third-order valence-corrected chi connectivity index (χ3v) is 4.79. The molecule has 158 valence electrons. The molecular formula is C19H23F3N4O3. The zero-order valence-corrected chi connectivity index (χ0v) is 16.0. The van der Waals surface area contributed by atoms with Gasteiger partial charge in [0.25, 0.3) is 5.91 Å². The van der Waals surface area contributed by atoms with Crippen molar-refractivity contribution in [2.24, 2.45) is 0 Å². The lowest BCUT2D eigenvalue weighted by Crippen LogP contribution is -2.39. The SMILES string of the molecule is COCCOC1CCC(NC(=O)c2cc(C(F)(F)F)cc(-n3ccnc3)n2)CC1. The van der Waals surface area contributed by atoms with Crippen molar-refractivity contribution < 1.29 is 27.4 Å². The molecule has 0 radical (unpaired) electrons. The first-order valence-electron chi connectivity index (χ1n) is 9.36. The van der Waals surface area contributed by atoms with Gasteiger partial charge in [0.15, 0.2) is 0 Å². The summed E-state index contributed by atoms with van der Waals surface area (Å²) in [4.78, 5) is 20.5. The van der Waals surface area contributed by atoms with E-state index in [4.69, 9.17) is 9.47 Å². The number of nitrogens with zero attached hydrogens (tertiary/aromatic N) is 3. The van der Waals surface area contributed by atoms with Gasteiger partial charge < -0.3 is 14.8 Å². The normalized spacial score (nSPS) is 19.9. The number of amides is 1. The summed E-state index contributed by atoms with van der Waals surface area (Å²) in [5, 5.41) is 2.80. The van der Waals surface area contributed by atoms with Crippen LogP contribution in [0.1, 0.15) is 41.7 Å². The van der Waals surface area contributed by atoms with Crippen LogP contribution in [0.5, 0.6) is 0 Å². The quantitative estimate of drug-likeness (QED) is 0.708. The molecule has 1 saturated carbocycles. The molecule has 1 N–H and O–H groups in total. The highest BCUT2D eigenvalue weighted by atomic mass is 19.4. The molecular weight excluding hydrogens is 389 g/mol. The van der Waals surface area contributed by atoms with Crippen molar-refractivity contribution in [2.75, 3.05) is 20.3 Å². The smallest absolute Gasteiger partial charge is 0.382 e. The van der Waals surface area contributed by atoms with Crippen LogP contribution in [-0.4, -0.2) is 52.9 Å². The number of hydrogen-bond acceptors (Lipinski definition) is 5. The second-order valence-corrected chi connectivity index (χ2v) is 6.88. The summed E-state index contributed by atoms with van der Waals surface area (Å²) in [6.07, 6.45) is 2.66. The largest absolute Gasteiger partial charge is 0.416 e. The molecule has 0 aromatic carbocycles. The molecule has 0 unspecified atom stereocenters. The van der Waals surface area contributed by atoms with E-state index in [0.717, 1.165) is 25.0 Å². The van der Waals surface area contributed by atoms with Crippen LogP contribution in [0.3, 0.4) is 0 Å². The molecule has 7 nitrogen and oxygen atoms in total. The summed E-state index contributed by atoms with van der Waals surface area (Å²) in [6, 6.07) is 1.54. The second-order valence-electron chi connectivity index (χ2n) is 6.88. The van der Waals surface area contributed by atoms with Crippen molar-refractivity contribution in [3.63, 3.8) is 0 Å². The minimum atomic E-state index is -4.59. The van der Waals surface area contributed by atoms with Crippen molar-refractivity contribution in [1.29, 1.82) is 0 Å². The van der Waals surface area contributed by atoms with Gasteiger partial charge in [-0.05, 0) is 37.8 Å². The molecule has 2 aromatic rings. The lowest BCUT2D eigenvalue weighted by atomic mass is 9.93. The van der Waals surface area contributed by atoms with Gasteiger partial charge in [-0.1, -0.05) is 0 Å². The van der Waals surface area contributed by atoms with Crippen LogP contribution in [0.2, 0.25) is 0 Å². The summed E-state index contributed by atoms with van der Waals surface area (Å²) >= 11 is 0. The molecule has 0 bridgehead atoms. The van der Waals surface area contributed by atoms with E-state index in [1.165, 1.54) is 23.3 Å². The van der Waals surface area contributed by atoms with Crippen molar-refractivity contribution in [2.45, 2.75) is 44.0 Å². The number of carbonyl (C=O) groups is 1. The molecule has 1 amide bonds. The number of imidazole rings is 1. The lowest BCUT2D eigenvalue weighted by Gasteiger charge is -2.29. The van der Waals surface area contributed by atoms with E-state index in [1.807, 2.05) is 0 Å². The Labute approximate surface area is 166 Å². The van der Waals surface area contributed by atoms with Gasteiger partial charge in [-0.15, -0.1) is 0 Å². The Morgan fingerprint density at radius 1 is 1.24 bits per heavy atom. The fourth-order valence-corrected chi connectivity index (χ4v) is 3.25. The number of hydrogen-bond donors (Lipinski definition) is 1. The third-order valence-electron chi connectivity index (χ3n) is 4.79. The molecule has 0 saturated heterocycles. The van der Waals surface area contributed by atoms with Crippen LogP contribution in [0, 0.1) is 0 Å². The number of halogens is 3. The number of aromatic nitrogens is 3. The highest BCUT2D eigenvalue weighted by Crippen LogP contribution is 2.31. The molecule has 0 aliphatic heterocycles. The second kappa shape index (κ2) is 9.36. The number of pyridine rings is 1. The van der Waals surface area contributed by atoms with Crippen LogP contribution < -0.4 is 5.32 Å². The summed E-state index contributed by atoms with van der Waals surface area (Å²) in [5.41, 5.74) is -1.21. The maximum absolute atomic E-state index is 13.3. The maximum atomic E-state index is 13.3. The van der Waals surface area contributed by atoms with Crippen molar-refractivity contribution in [3.05, 3.63) is 42.1 Å². The van der Waals surface area contributed by atoms with Gasteiger partial charge in [-0.3, -0.25) is 9.36 Å². The van der Waals surface area contributed by atoms with Crippen LogP contribution in [0.4, 0.5) is 13.2 Å². The highest BCUT2D eigenvalue weighted by molar-refractivity contribution is 5.93. The number of methoxy groups -OCH3 is 1. The van der Waals surface area contributed by atoms with Gasteiger partial charge in [0.1, 0.15) is 17.8 Å². The average molecular weight is 412 g/mol. The van der Waals surface area contributed by atoms with Crippen molar-refractivity contribution in [1.82, 2.24) is 19.9 Å². The Balaban J connectivity index is 1.67. The number of ether oxygens (including phenoxy) is 2. The van der Waals surface area contributed by atoms with E-state index in [-0.39, 0.29) is 23.7 Å². The predicted octanol–water partition coefficient (Wildman–Crippen LogP) is 2.99. The van der Waals surface area contributed by atoms with E-state index >= 15 is 0 Å². The van der Waals surface area contributed by atoms with E-state index in [9.17, 15) is 18.0 Å². The molecule has 1 aliphatic carbocycles. The fraction of sp³-hybridized carbons (Fsp3) is 0.526. The van der Waals surface area contributed by atoms with Gasteiger partial charge in [0.05, 0.1) is 24.9 Å². The van der Waals surface area contributed by atoms with Crippen LogP contribution in [0.25, 0.3) is 5.82 Å². The van der Waals surface area contributed by atoms with E-state index in [2.05, 4.69) is 15.3 Å². The Morgan fingerprint density at radius 2 is 2.00 bits per heavy atom. The van der Waals surface area contributed by atoms with Gasteiger partial charge in [0.2, 0.25) is 0 Å². The first-order chi connectivity index (χ1) is 13.9. The Bertz CT molecular complexity index is 804. The van der Waals surface area contributed by atoms with Gasteiger partial charge in [-0.2, -0.15) is 13.2 Å². The van der Waals surface area contributed by atoms with Gasteiger partial charge in [0, 0.05) is 25.5 Å². The Kier molecular flexibility index (Phi) is 6.86. The first kappa shape index (κ1) is 21.3. The monoisotopic (exact) mass is 412 g/mol. The molecule has 1 fully saturated rings. The molecule has 10 heteroatoms. The Morgan fingerprint density at radius 3 is 2.62 bits per heavy atom. The molecule has 2 heterocycles. The number of alkyl halides is 3. The molecule has 3 rings (SSSR count). The zero-order chi connectivity index (χ0) is 20.9. The lowest BCUT2D eigenvalue weighted by molar-refractivity contribution is -0.137. The summed E-state index contributed by atoms with van der Waals surface area (Å²) in [5.74, 6) is -0.640. The predicted molar refractivity (Wildman–Crippen MR) is 97.7 cm³/mol. The van der Waals surface area contributed by atoms with Gasteiger partial charge in [-0.25, -0.2) is 9.97 Å².